The van der Waals surface area contributed by atoms with Crippen molar-refractivity contribution in [3.63, 3.8) is 0 Å². The predicted octanol–water partition coefficient (Wildman–Crippen LogP) is 9.97. The highest BCUT2D eigenvalue weighted by atomic mass is 31.3. The summed E-state index contributed by atoms with van der Waals surface area (Å²) in [5.41, 5.74) is 4.57. The molecule has 1 aromatic rings. The SMILES string of the molecule is CC/C=C\C/C=C\C/C=C\C/C=C\C/C=C\CCCCCC(=O)O[C@H](COC(=O)CCC/C=C\C/C=C\C=C\[C@H](O)C/C=C\CCCCC)COP(=O)(O)OP(=O)(O)OC[C@H]1O[C@@H](n2ccc(N)nc2=O)[C@H](O)[C@@H]1O. The molecule has 1 aliphatic rings. The van der Waals surface area contributed by atoms with Crippen LogP contribution in [0.15, 0.2) is 126 Å². The Morgan fingerprint density at radius 1 is 0.720 bits per heavy atom. The molecule has 420 valence electrons. The van der Waals surface area contributed by atoms with Crippen LogP contribution in [0.25, 0.3) is 0 Å². The summed E-state index contributed by atoms with van der Waals surface area (Å²) in [5, 5.41) is 31.0. The van der Waals surface area contributed by atoms with E-state index in [2.05, 4.69) is 90.0 Å². The van der Waals surface area contributed by atoms with Crippen LogP contribution in [0.5, 0.6) is 0 Å². The van der Waals surface area contributed by atoms with Crippen molar-refractivity contribution in [2.24, 2.45) is 0 Å². The second-order valence-corrected chi connectivity index (χ2v) is 20.5. The van der Waals surface area contributed by atoms with Crippen LogP contribution in [0, 0.1) is 0 Å². The minimum absolute atomic E-state index is 0.00466. The van der Waals surface area contributed by atoms with Crippen LogP contribution < -0.4 is 11.4 Å². The van der Waals surface area contributed by atoms with Crippen molar-refractivity contribution in [1.82, 2.24) is 9.55 Å². The van der Waals surface area contributed by atoms with Gasteiger partial charge in [-0.2, -0.15) is 9.29 Å². The van der Waals surface area contributed by atoms with Gasteiger partial charge in [-0.1, -0.05) is 142 Å². The molecular weight excluding hydrogens is 1010 g/mol. The number of carbonyl (C=O) groups excluding carboxylic acids is 2. The number of ether oxygens (including phenoxy) is 3. The zero-order chi connectivity index (χ0) is 55.0. The van der Waals surface area contributed by atoms with Crippen LogP contribution >= 0.6 is 15.6 Å². The number of unbranched alkanes of at least 4 members (excludes halogenated alkanes) is 7. The summed E-state index contributed by atoms with van der Waals surface area (Å²) in [5.74, 6) is -1.46. The van der Waals surface area contributed by atoms with Gasteiger partial charge in [0.25, 0.3) is 0 Å². The van der Waals surface area contributed by atoms with Gasteiger partial charge in [-0.3, -0.25) is 23.2 Å². The fraction of sp³-hybridized carbons (Fsp3) is 0.556. The van der Waals surface area contributed by atoms with Crippen molar-refractivity contribution in [2.75, 3.05) is 25.6 Å². The molecule has 0 saturated carbocycles. The van der Waals surface area contributed by atoms with Gasteiger partial charge in [0.05, 0.1) is 19.3 Å². The number of nitrogens with zero attached hydrogens (tertiary/aromatic N) is 2. The summed E-state index contributed by atoms with van der Waals surface area (Å²) < 4.78 is 56.7. The van der Waals surface area contributed by atoms with Gasteiger partial charge >= 0.3 is 33.3 Å². The van der Waals surface area contributed by atoms with Gasteiger partial charge < -0.3 is 45.1 Å². The monoisotopic (exact) mass is 1090 g/mol. The summed E-state index contributed by atoms with van der Waals surface area (Å²) in [4.78, 5) is 61.9. The number of allylic oxidation sites excluding steroid dienone is 16. The van der Waals surface area contributed by atoms with Gasteiger partial charge in [-0.25, -0.2) is 13.9 Å². The lowest BCUT2D eigenvalue weighted by atomic mass is 10.1. The molecule has 1 aliphatic heterocycles. The Morgan fingerprint density at radius 2 is 1.29 bits per heavy atom. The molecule has 2 unspecified atom stereocenters. The summed E-state index contributed by atoms with van der Waals surface area (Å²) in [7, 11) is -10.9. The van der Waals surface area contributed by atoms with Crippen LogP contribution in [0.3, 0.4) is 0 Å². The van der Waals surface area contributed by atoms with E-state index in [-0.39, 0.29) is 18.7 Å². The third kappa shape index (κ3) is 33.2. The third-order valence-electron chi connectivity index (χ3n) is 10.9. The molecular formula is C54H83N3O16P2. The molecule has 21 heteroatoms. The third-order valence-corrected chi connectivity index (χ3v) is 13.5. The maximum Gasteiger partial charge on any atom is 0.481 e. The number of hydrogen-bond donors (Lipinski definition) is 6. The first-order valence-electron chi connectivity index (χ1n) is 26.0. The first-order chi connectivity index (χ1) is 36.1. The molecule has 0 bridgehead atoms. The first kappa shape index (κ1) is 66.5. The minimum atomic E-state index is -5.46. The molecule has 0 aliphatic carbocycles. The van der Waals surface area contributed by atoms with Gasteiger partial charge in [0, 0.05) is 19.0 Å². The summed E-state index contributed by atoms with van der Waals surface area (Å²) in [6, 6.07) is 1.24. The fourth-order valence-corrected chi connectivity index (χ4v) is 9.00. The average molecular weight is 1090 g/mol. The van der Waals surface area contributed by atoms with Gasteiger partial charge in [-0.15, -0.1) is 0 Å². The van der Waals surface area contributed by atoms with E-state index in [9.17, 15) is 48.6 Å². The van der Waals surface area contributed by atoms with Gasteiger partial charge in [0.2, 0.25) is 0 Å². The smallest absolute Gasteiger partial charge is 0.462 e. The number of aliphatic hydroxyl groups excluding tert-OH is 3. The number of nitrogen functional groups attached to an aromatic ring is 1. The summed E-state index contributed by atoms with van der Waals surface area (Å²) in [6.45, 7) is 1.83. The predicted molar refractivity (Wildman–Crippen MR) is 290 cm³/mol. The van der Waals surface area contributed by atoms with Gasteiger partial charge in [-0.05, 0) is 96.0 Å². The van der Waals surface area contributed by atoms with Crippen molar-refractivity contribution in [3.05, 3.63) is 132 Å². The van der Waals surface area contributed by atoms with E-state index in [4.69, 9.17) is 29.0 Å². The van der Waals surface area contributed by atoms with Crippen molar-refractivity contribution in [1.29, 1.82) is 0 Å². The first-order valence-corrected chi connectivity index (χ1v) is 29.0. The largest absolute Gasteiger partial charge is 0.481 e. The second-order valence-electron chi connectivity index (χ2n) is 17.5. The molecule has 1 fully saturated rings. The summed E-state index contributed by atoms with van der Waals surface area (Å²) >= 11 is 0. The Balaban J connectivity index is 1.86. The number of hydrogen-bond acceptors (Lipinski definition) is 16. The molecule has 1 saturated heterocycles. The maximum absolute atomic E-state index is 12.9. The van der Waals surface area contributed by atoms with Gasteiger partial charge in [0.15, 0.2) is 12.3 Å². The highest BCUT2D eigenvalue weighted by molar-refractivity contribution is 7.61. The highest BCUT2D eigenvalue weighted by Crippen LogP contribution is 2.60. The highest BCUT2D eigenvalue weighted by Gasteiger charge is 2.46. The van der Waals surface area contributed by atoms with E-state index in [0.717, 1.165) is 68.6 Å². The maximum atomic E-state index is 12.9. The lowest BCUT2D eigenvalue weighted by molar-refractivity contribution is -0.161. The molecule has 75 heavy (non-hydrogen) atoms. The minimum Gasteiger partial charge on any atom is -0.462 e. The number of esters is 2. The van der Waals surface area contributed by atoms with Crippen LogP contribution in [0.1, 0.15) is 142 Å². The molecule has 19 nitrogen and oxygen atoms in total. The lowest BCUT2D eigenvalue weighted by Crippen LogP contribution is -2.36. The topological polar surface area (TPSA) is 286 Å². The number of rotatable bonds is 41. The summed E-state index contributed by atoms with van der Waals surface area (Å²) in [6.07, 6.45) is 43.4. The Morgan fingerprint density at radius 3 is 1.93 bits per heavy atom. The Bertz CT molecular complexity index is 2200. The number of nitrogens with two attached hydrogens (primary N) is 1. The van der Waals surface area contributed by atoms with Gasteiger partial charge in [0.1, 0.15) is 30.7 Å². The molecule has 0 spiro atoms. The standard InChI is InChI=1S/C54H83N3O16P2/c1-3-5-7-9-11-12-13-14-15-16-17-18-19-20-21-22-27-31-35-39-50(60)71-46(42-68-49(59)38-34-30-26-24-23-25-29-33-37-45(58)36-32-28-10-8-6-4-2)43-69-74(64,65)73-75(66,67)70-44-47-51(61)52(62)53(72-47)57-41-40-48(55)56-54(57)63/h5,7,11-12,14-15,17-18,20-21,24-26,28-29,32-33,37,40-41,45-47,51-53,58,61-62H,3-4,6,8-10,13,16,19,22-23,27,30-31,34-36,38-39,42-44H2,1-2H3,(H,64,65)(H,66,67)(H2,55,56,63)/b7-5-,12-11-,15-14-,18-17-,21-20-,26-24-,29-25-,32-28-,37-33+/t45-,46-,47-,51-,52-,53-/m1/s1. The van der Waals surface area contributed by atoms with E-state index >= 15 is 0 Å². The molecule has 0 aromatic carbocycles. The van der Waals surface area contributed by atoms with E-state index in [1.165, 1.54) is 18.9 Å². The number of phosphoric ester groups is 2. The number of aliphatic hydroxyl groups is 3. The molecule has 1 aromatic heterocycles. The molecule has 7 N–H and O–H groups in total. The van der Waals surface area contributed by atoms with E-state index < -0.39 is 89.8 Å². The quantitative estimate of drug-likeness (QED) is 0.0117. The number of carbonyl (C=O) groups is 2. The van der Waals surface area contributed by atoms with Crippen molar-refractivity contribution < 1.29 is 71.4 Å². The number of anilines is 1. The normalized spacial score (nSPS) is 20.1. The van der Waals surface area contributed by atoms with Crippen molar-refractivity contribution >= 4 is 33.4 Å². The number of phosphoric acid groups is 2. The van der Waals surface area contributed by atoms with Crippen molar-refractivity contribution in [2.45, 2.75) is 173 Å². The van der Waals surface area contributed by atoms with E-state index in [1.807, 2.05) is 30.4 Å². The number of aromatic nitrogens is 2. The zero-order valence-corrected chi connectivity index (χ0v) is 45.4. The average Bonchev–Trinajstić information content (AvgIpc) is 3.64. The molecule has 0 amide bonds. The van der Waals surface area contributed by atoms with Crippen LogP contribution in [0.2, 0.25) is 0 Å². The Hall–Kier alpha value is -4.62. The second kappa shape index (κ2) is 40.6. The van der Waals surface area contributed by atoms with Crippen LogP contribution in [-0.2, 0) is 46.3 Å². The zero-order valence-electron chi connectivity index (χ0n) is 43.7. The fourth-order valence-electron chi connectivity index (χ4n) is 6.89. The lowest BCUT2D eigenvalue weighted by Gasteiger charge is -2.21. The van der Waals surface area contributed by atoms with Crippen LogP contribution in [0.4, 0.5) is 5.82 Å². The van der Waals surface area contributed by atoms with E-state index in [0.29, 0.717) is 38.5 Å². The Labute approximate surface area is 443 Å². The van der Waals surface area contributed by atoms with E-state index in [1.54, 1.807) is 12.2 Å². The molecule has 2 rings (SSSR count). The molecule has 2 heterocycles. The molecule has 0 radical (unpaired) electrons. The molecule has 8 atom stereocenters. The Kier molecular flexibility index (Phi) is 36.0. The van der Waals surface area contributed by atoms with Crippen LogP contribution in [-0.4, -0.2) is 96.9 Å². The van der Waals surface area contributed by atoms with Crippen molar-refractivity contribution in [3.8, 4) is 0 Å².